The number of halogens is 3. The second kappa shape index (κ2) is 2.89. The molecule has 0 unspecified atom stereocenters. The largest absolute Gasteiger partial charge is 0.246 e. The lowest BCUT2D eigenvalue weighted by Gasteiger charge is -2.41. The van der Waals surface area contributed by atoms with E-state index in [4.69, 9.17) is 11.6 Å². The second-order valence-electron chi connectivity index (χ2n) is 3.73. The van der Waals surface area contributed by atoms with E-state index in [1.54, 1.807) is 0 Å². The van der Waals surface area contributed by atoms with Crippen LogP contribution in [0.5, 0.6) is 0 Å². The van der Waals surface area contributed by atoms with Gasteiger partial charge in [-0.25, -0.2) is 8.78 Å². The number of rotatable bonds is 3. The van der Waals surface area contributed by atoms with E-state index >= 15 is 0 Å². The summed E-state index contributed by atoms with van der Waals surface area (Å²) in [6, 6.07) is 0. The molecule has 0 heterocycles. The standard InChI is InChI=1S/C8H13ClF2/c1-7(10,11)5-8(6-9)3-2-4-8/h2-6H2,1H3. The molecule has 0 atom stereocenters. The molecule has 11 heavy (non-hydrogen) atoms. The van der Waals surface area contributed by atoms with Crippen molar-refractivity contribution >= 4 is 11.6 Å². The van der Waals surface area contributed by atoms with Crippen molar-refractivity contribution in [3.63, 3.8) is 0 Å². The Hall–Kier alpha value is 0.150. The predicted molar refractivity (Wildman–Crippen MR) is 42.2 cm³/mol. The predicted octanol–water partition coefficient (Wildman–Crippen LogP) is 3.44. The van der Waals surface area contributed by atoms with Gasteiger partial charge in [-0.05, 0) is 25.2 Å². The molecule has 0 aromatic rings. The van der Waals surface area contributed by atoms with Crippen LogP contribution in [0, 0.1) is 5.41 Å². The Morgan fingerprint density at radius 1 is 1.45 bits per heavy atom. The Kier molecular flexibility index (Phi) is 2.43. The van der Waals surface area contributed by atoms with Crippen LogP contribution in [0.4, 0.5) is 8.78 Å². The van der Waals surface area contributed by atoms with Gasteiger partial charge in [0.05, 0.1) is 0 Å². The van der Waals surface area contributed by atoms with Gasteiger partial charge in [0.25, 0.3) is 0 Å². The fourth-order valence-electron chi connectivity index (χ4n) is 1.69. The van der Waals surface area contributed by atoms with Crippen LogP contribution >= 0.6 is 11.6 Å². The smallest absolute Gasteiger partial charge is 0.207 e. The highest BCUT2D eigenvalue weighted by molar-refractivity contribution is 6.18. The third-order valence-corrected chi connectivity index (χ3v) is 2.95. The molecular weight excluding hydrogens is 170 g/mol. The zero-order valence-corrected chi connectivity index (χ0v) is 7.43. The van der Waals surface area contributed by atoms with Crippen LogP contribution in [0.1, 0.15) is 32.6 Å². The first kappa shape index (κ1) is 9.24. The Labute approximate surface area is 70.9 Å². The molecule has 1 rings (SSSR count). The Morgan fingerprint density at radius 2 is 2.00 bits per heavy atom. The van der Waals surface area contributed by atoms with Crippen LogP contribution in [-0.2, 0) is 0 Å². The van der Waals surface area contributed by atoms with E-state index in [9.17, 15) is 8.78 Å². The summed E-state index contributed by atoms with van der Waals surface area (Å²) in [4.78, 5) is 0. The van der Waals surface area contributed by atoms with Crippen LogP contribution in [0.3, 0.4) is 0 Å². The number of alkyl halides is 3. The Bertz CT molecular complexity index is 130. The molecule has 0 saturated heterocycles. The number of hydrogen-bond donors (Lipinski definition) is 0. The first-order valence-electron chi connectivity index (χ1n) is 3.91. The van der Waals surface area contributed by atoms with E-state index in [1.165, 1.54) is 0 Å². The van der Waals surface area contributed by atoms with Gasteiger partial charge in [0, 0.05) is 12.3 Å². The lowest BCUT2D eigenvalue weighted by Crippen LogP contribution is -2.36. The monoisotopic (exact) mass is 182 g/mol. The molecule has 1 fully saturated rings. The molecule has 1 saturated carbocycles. The summed E-state index contributed by atoms with van der Waals surface area (Å²) in [5.74, 6) is -2.16. The van der Waals surface area contributed by atoms with Crippen molar-refractivity contribution in [2.45, 2.75) is 38.5 Å². The van der Waals surface area contributed by atoms with Crippen molar-refractivity contribution in [2.75, 3.05) is 5.88 Å². The van der Waals surface area contributed by atoms with Crippen LogP contribution in [-0.4, -0.2) is 11.8 Å². The average molecular weight is 183 g/mol. The molecule has 0 aromatic heterocycles. The van der Waals surface area contributed by atoms with Crippen molar-refractivity contribution < 1.29 is 8.78 Å². The van der Waals surface area contributed by atoms with Gasteiger partial charge in [-0.2, -0.15) is 0 Å². The summed E-state index contributed by atoms with van der Waals surface area (Å²) in [5, 5.41) is 0. The minimum Gasteiger partial charge on any atom is -0.207 e. The highest BCUT2D eigenvalue weighted by Gasteiger charge is 2.42. The second-order valence-corrected chi connectivity index (χ2v) is 4.00. The molecule has 0 radical (unpaired) electrons. The van der Waals surface area contributed by atoms with E-state index in [0.29, 0.717) is 5.88 Å². The van der Waals surface area contributed by atoms with Crippen LogP contribution < -0.4 is 0 Å². The van der Waals surface area contributed by atoms with E-state index in [2.05, 4.69) is 0 Å². The van der Waals surface area contributed by atoms with Gasteiger partial charge >= 0.3 is 0 Å². The molecule has 0 spiro atoms. The zero-order valence-electron chi connectivity index (χ0n) is 6.67. The molecule has 1 aliphatic rings. The van der Waals surface area contributed by atoms with Crippen molar-refractivity contribution in [3.05, 3.63) is 0 Å². The first-order valence-corrected chi connectivity index (χ1v) is 4.45. The fourth-order valence-corrected chi connectivity index (χ4v) is 2.05. The third-order valence-electron chi connectivity index (χ3n) is 2.38. The van der Waals surface area contributed by atoms with Gasteiger partial charge in [0.15, 0.2) is 0 Å². The van der Waals surface area contributed by atoms with Crippen molar-refractivity contribution in [2.24, 2.45) is 5.41 Å². The van der Waals surface area contributed by atoms with Gasteiger partial charge < -0.3 is 0 Å². The number of hydrogen-bond acceptors (Lipinski definition) is 0. The summed E-state index contributed by atoms with van der Waals surface area (Å²) in [5.41, 5.74) is -0.236. The van der Waals surface area contributed by atoms with E-state index in [1.807, 2.05) is 0 Å². The molecule has 1 aliphatic carbocycles. The Balaban J connectivity index is 2.45. The average Bonchev–Trinajstić information content (AvgIpc) is 1.77. The van der Waals surface area contributed by atoms with Gasteiger partial charge in [-0.3, -0.25) is 0 Å². The maximum Gasteiger partial charge on any atom is 0.246 e. The molecule has 0 nitrogen and oxygen atoms in total. The van der Waals surface area contributed by atoms with E-state index < -0.39 is 5.92 Å². The molecule has 0 aliphatic heterocycles. The van der Waals surface area contributed by atoms with Crippen molar-refractivity contribution in [3.8, 4) is 0 Å². The van der Waals surface area contributed by atoms with Gasteiger partial charge in [-0.15, -0.1) is 11.6 Å². The maximum absolute atomic E-state index is 12.6. The zero-order chi connectivity index (χ0) is 8.54. The maximum atomic E-state index is 12.6. The topological polar surface area (TPSA) is 0 Å². The highest BCUT2D eigenvalue weighted by Crippen LogP contribution is 2.48. The van der Waals surface area contributed by atoms with Crippen molar-refractivity contribution in [1.82, 2.24) is 0 Å². The van der Waals surface area contributed by atoms with Gasteiger partial charge in [-0.1, -0.05) is 6.42 Å². The first-order chi connectivity index (χ1) is 4.97. The van der Waals surface area contributed by atoms with Gasteiger partial charge in [0.1, 0.15) is 0 Å². The normalized spacial score (nSPS) is 22.9. The van der Waals surface area contributed by atoms with E-state index in [0.717, 1.165) is 26.2 Å². The summed E-state index contributed by atoms with van der Waals surface area (Å²) in [6.07, 6.45) is 2.77. The third kappa shape index (κ3) is 2.29. The van der Waals surface area contributed by atoms with E-state index in [-0.39, 0.29) is 11.8 Å². The quantitative estimate of drug-likeness (QED) is 0.587. The SMILES string of the molecule is CC(F)(F)CC1(CCl)CCC1. The lowest BCUT2D eigenvalue weighted by atomic mass is 9.67. The molecule has 66 valence electrons. The fraction of sp³-hybridized carbons (Fsp3) is 1.00. The lowest BCUT2D eigenvalue weighted by molar-refractivity contribution is -0.0465. The minimum absolute atomic E-state index is 0.0382. The molecule has 0 aromatic carbocycles. The summed E-state index contributed by atoms with van der Waals surface area (Å²) in [6.45, 7) is 0.972. The Morgan fingerprint density at radius 3 is 2.09 bits per heavy atom. The van der Waals surface area contributed by atoms with Crippen molar-refractivity contribution in [1.29, 1.82) is 0 Å². The van der Waals surface area contributed by atoms with Crippen LogP contribution in [0.25, 0.3) is 0 Å². The molecule has 3 heteroatoms. The minimum atomic E-state index is -2.55. The molecule has 0 bridgehead atoms. The highest BCUT2D eigenvalue weighted by atomic mass is 35.5. The molecule has 0 N–H and O–H groups in total. The summed E-state index contributed by atoms with van der Waals surface area (Å²) < 4.78 is 25.1. The van der Waals surface area contributed by atoms with Crippen LogP contribution in [0.2, 0.25) is 0 Å². The molecule has 0 amide bonds. The summed E-state index contributed by atoms with van der Waals surface area (Å²) in [7, 11) is 0. The molecular formula is C8H13ClF2. The van der Waals surface area contributed by atoms with Gasteiger partial charge in [0.2, 0.25) is 5.92 Å². The summed E-state index contributed by atoms with van der Waals surface area (Å²) >= 11 is 5.63. The van der Waals surface area contributed by atoms with Crippen LogP contribution in [0.15, 0.2) is 0 Å².